The first-order chi connectivity index (χ1) is 12.7. The second kappa shape index (κ2) is 7.48. The molecule has 0 bridgehead atoms. The Kier molecular flexibility index (Phi) is 4.91. The highest BCUT2D eigenvalue weighted by Crippen LogP contribution is 2.32. The van der Waals surface area contributed by atoms with Crippen LogP contribution in [0.5, 0.6) is 0 Å². The van der Waals surface area contributed by atoms with Crippen molar-refractivity contribution in [3.05, 3.63) is 45.8 Å². The third-order valence-corrected chi connectivity index (χ3v) is 5.39. The number of ether oxygens (including phenoxy) is 1. The molecule has 0 unspecified atom stereocenters. The number of nitrogens with one attached hydrogen (secondary N) is 1. The van der Waals surface area contributed by atoms with Crippen LogP contribution >= 0.6 is 23.6 Å². The van der Waals surface area contributed by atoms with E-state index in [0.717, 1.165) is 47.6 Å². The lowest BCUT2D eigenvalue weighted by molar-refractivity contribution is 0.122. The third kappa shape index (κ3) is 3.46. The van der Waals surface area contributed by atoms with Gasteiger partial charge in [-0.05, 0) is 19.1 Å². The van der Waals surface area contributed by atoms with Gasteiger partial charge in [-0.15, -0.1) is 0 Å². The summed E-state index contributed by atoms with van der Waals surface area (Å²) < 4.78 is 7.53. The molecule has 0 radical (unpaired) electrons. The van der Waals surface area contributed by atoms with Crippen LogP contribution < -0.4 is 4.90 Å². The fourth-order valence-corrected chi connectivity index (χ4v) is 3.95. The maximum atomic E-state index is 5.45. The van der Waals surface area contributed by atoms with E-state index < -0.39 is 0 Å². The van der Waals surface area contributed by atoms with Crippen LogP contribution in [0.2, 0.25) is 0 Å². The monoisotopic (exact) mass is 386 g/mol. The molecule has 0 aliphatic carbocycles. The van der Waals surface area contributed by atoms with Gasteiger partial charge in [-0.3, -0.25) is 5.10 Å². The number of aryl methyl sites for hydroxylation is 1. The summed E-state index contributed by atoms with van der Waals surface area (Å²) in [6, 6.07) is 10.1. The molecule has 7 nitrogen and oxygen atoms in total. The molecule has 0 spiro atoms. The van der Waals surface area contributed by atoms with E-state index in [1.54, 1.807) is 16.0 Å². The maximum absolute atomic E-state index is 5.45. The van der Waals surface area contributed by atoms with Crippen molar-refractivity contribution < 1.29 is 4.74 Å². The number of aromatic nitrogens is 4. The van der Waals surface area contributed by atoms with E-state index in [1.165, 1.54) is 0 Å². The van der Waals surface area contributed by atoms with Crippen LogP contribution in [0.15, 0.2) is 35.4 Å². The van der Waals surface area contributed by atoms with Gasteiger partial charge >= 0.3 is 0 Å². The zero-order valence-electron chi connectivity index (χ0n) is 14.3. The molecule has 1 aliphatic heterocycles. The number of thiazole rings is 1. The summed E-state index contributed by atoms with van der Waals surface area (Å²) in [4.78, 5) is 8.13. The summed E-state index contributed by atoms with van der Waals surface area (Å²) in [6.45, 7) is 5.02. The number of aromatic amines is 1. The van der Waals surface area contributed by atoms with Gasteiger partial charge in [0.15, 0.2) is 5.13 Å². The molecule has 134 valence electrons. The molecule has 1 aliphatic rings. The number of hydrogen-bond acceptors (Lipinski definition) is 7. The predicted molar refractivity (Wildman–Crippen MR) is 106 cm³/mol. The van der Waals surface area contributed by atoms with Gasteiger partial charge in [0.2, 0.25) is 4.77 Å². The standard InChI is InChI=1S/C17H18N6OS2/c1-12-20-21-16(25)23(12)18-11-14-15(13-5-3-2-4-6-13)19-17(26-14)22-7-9-24-10-8-22/h2-6,11H,7-10H2,1H3,(H,21,25)/b18-11-. The molecule has 9 heteroatoms. The number of anilines is 1. The van der Waals surface area contributed by atoms with Crippen LogP contribution in [0.3, 0.4) is 0 Å². The Morgan fingerprint density at radius 1 is 1.27 bits per heavy atom. The van der Waals surface area contributed by atoms with Crippen LogP contribution in [0.25, 0.3) is 11.3 Å². The quantitative estimate of drug-likeness (QED) is 0.551. The summed E-state index contributed by atoms with van der Waals surface area (Å²) in [5.41, 5.74) is 1.99. The number of nitrogens with zero attached hydrogens (tertiary/aromatic N) is 5. The molecule has 3 heterocycles. The Morgan fingerprint density at radius 2 is 2.04 bits per heavy atom. The molecule has 1 N–H and O–H groups in total. The average Bonchev–Trinajstić information content (AvgIpc) is 3.25. The molecule has 0 saturated carbocycles. The topological polar surface area (TPSA) is 71.3 Å². The first-order valence-corrected chi connectivity index (χ1v) is 9.52. The van der Waals surface area contributed by atoms with Gasteiger partial charge in [0.25, 0.3) is 0 Å². The summed E-state index contributed by atoms with van der Waals surface area (Å²) in [5, 5.41) is 12.3. The van der Waals surface area contributed by atoms with Crippen LogP contribution in [0.4, 0.5) is 5.13 Å². The molecular weight excluding hydrogens is 368 g/mol. The predicted octanol–water partition coefficient (Wildman–Crippen LogP) is 3.09. The van der Waals surface area contributed by atoms with Gasteiger partial charge in [-0.2, -0.15) is 14.9 Å². The van der Waals surface area contributed by atoms with Gasteiger partial charge in [0, 0.05) is 18.7 Å². The zero-order valence-corrected chi connectivity index (χ0v) is 15.9. The highest BCUT2D eigenvalue weighted by atomic mass is 32.1. The minimum atomic E-state index is 0.470. The minimum Gasteiger partial charge on any atom is -0.378 e. The van der Waals surface area contributed by atoms with Crippen molar-refractivity contribution in [1.29, 1.82) is 0 Å². The fraction of sp³-hybridized carbons (Fsp3) is 0.294. The average molecular weight is 387 g/mol. The molecule has 0 atom stereocenters. The van der Waals surface area contributed by atoms with Crippen LogP contribution in [-0.2, 0) is 4.74 Å². The maximum Gasteiger partial charge on any atom is 0.216 e. The van der Waals surface area contributed by atoms with E-state index in [-0.39, 0.29) is 0 Å². The van der Waals surface area contributed by atoms with Crippen molar-refractivity contribution in [1.82, 2.24) is 19.9 Å². The normalized spacial score (nSPS) is 15.0. The number of benzene rings is 1. The van der Waals surface area contributed by atoms with Crippen LogP contribution in [-0.4, -0.2) is 52.4 Å². The van der Waals surface area contributed by atoms with Gasteiger partial charge < -0.3 is 9.64 Å². The Morgan fingerprint density at radius 3 is 2.73 bits per heavy atom. The highest BCUT2D eigenvalue weighted by molar-refractivity contribution is 7.71. The second-order valence-electron chi connectivity index (χ2n) is 5.81. The van der Waals surface area contributed by atoms with E-state index in [9.17, 15) is 0 Å². The molecule has 2 aromatic heterocycles. The van der Waals surface area contributed by atoms with E-state index >= 15 is 0 Å². The summed E-state index contributed by atoms with van der Waals surface area (Å²) >= 11 is 6.85. The smallest absolute Gasteiger partial charge is 0.216 e. The van der Waals surface area contributed by atoms with Crippen LogP contribution in [0, 0.1) is 11.7 Å². The van der Waals surface area contributed by atoms with Crippen molar-refractivity contribution in [3.8, 4) is 11.3 Å². The first-order valence-electron chi connectivity index (χ1n) is 8.29. The Labute approximate surface area is 160 Å². The summed E-state index contributed by atoms with van der Waals surface area (Å²) in [7, 11) is 0. The molecule has 4 rings (SSSR count). The van der Waals surface area contributed by atoms with E-state index in [0.29, 0.717) is 10.6 Å². The van der Waals surface area contributed by atoms with E-state index in [1.807, 2.05) is 31.3 Å². The molecule has 26 heavy (non-hydrogen) atoms. The lowest BCUT2D eigenvalue weighted by atomic mass is 10.1. The van der Waals surface area contributed by atoms with Crippen molar-refractivity contribution in [3.63, 3.8) is 0 Å². The summed E-state index contributed by atoms with van der Waals surface area (Å²) in [6.07, 6.45) is 1.81. The molecule has 0 amide bonds. The number of H-pyrrole nitrogens is 1. The van der Waals surface area contributed by atoms with Crippen molar-refractivity contribution in [2.24, 2.45) is 5.10 Å². The lowest BCUT2D eigenvalue weighted by Crippen LogP contribution is -2.36. The number of morpholine rings is 1. The van der Waals surface area contributed by atoms with Crippen molar-refractivity contribution in [2.75, 3.05) is 31.2 Å². The zero-order chi connectivity index (χ0) is 17.9. The van der Waals surface area contributed by atoms with Crippen LogP contribution in [0.1, 0.15) is 10.7 Å². The SMILES string of the molecule is Cc1n[nH]c(=S)n1/N=C\c1sc(N2CCOCC2)nc1-c1ccccc1. The Hall–Kier alpha value is -2.36. The molecule has 1 aromatic carbocycles. The second-order valence-corrected chi connectivity index (χ2v) is 7.20. The van der Waals surface area contributed by atoms with E-state index in [4.69, 9.17) is 21.9 Å². The van der Waals surface area contributed by atoms with Gasteiger partial charge in [0.1, 0.15) is 5.82 Å². The first kappa shape index (κ1) is 17.1. The van der Waals surface area contributed by atoms with Crippen molar-refractivity contribution >= 4 is 34.9 Å². The third-order valence-electron chi connectivity index (χ3n) is 4.07. The Bertz CT molecular complexity index is 969. The van der Waals surface area contributed by atoms with Gasteiger partial charge in [-0.25, -0.2) is 4.98 Å². The van der Waals surface area contributed by atoms with Gasteiger partial charge in [-0.1, -0.05) is 41.7 Å². The largest absolute Gasteiger partial charge is 0.378 e. The molecule has 1 saturated heterocycles. The molecular formula is C17H18N6OS2. The molecule has 3 aromatic rings. The number of hydrogen-bond donors (Lipinski definition) is 1. The Balaban J connectivity index is 1.74. The summed E-state index contributed by atoms with van der Waals surface area (Å²) in [5.74, 6) is 0.713. The highest BCUT2D eigenvalue weighted by Gasteiger charge is 2.18. The molecule has 1 fully saturated rings. The lowest BCUT2D eigenvalue weighted by Gasteiger charge is -2.26. The fourth-order valence-electron chi connectivity index (χ4n) is 2.72. The minimum absolute atomic E-state index is 0.470. The van der Waals surface area contributed by atoms with Gasteiger partial charge in [0.05, 0.1) is 30.0 Å². The van der Waals surface area contributed by atoms with E-state index in [2.05, 4.69) is 32.3 Å². The number of rotatable bonds is 4. The van der Waals surface area contributed by atoms with Crippen molar-refractivity contribution in [2.45, 2.75) is 6.92 Å².